The molecule has 2 rings (SSSR count). The molecular formula is C13H15NOS2. The molecule has 0 radical (unpaired) electrons. The van der Waals surface area contributed by atoms with E-state index >= 15 is 0 Å². The van der Waals surface area contributed by atoms with Crippen molar-refractivity contribution >= 4 is 28.6 Å². The summed E-state index contributed by atoms with van der Waals surface area (Å²) >= 11 is 3.28. The Labute approximate surface area is 109 Å². The fourth-order valence-corrected chi connectivity index (χ4v) is 3.17. The van der Waals surface area contributed by atoms with E-state index in [9.17, 15) is 4.79 Å². The van der Waals surface area contributed by atoms with Gasteiger partial charge in [0.2, 0.25) is 5.91 Å². The monoisotopic (exact) mass is 265 g/mol. The lowest BCUT2D eigenvalue weighted by Gasteiger charge is -2.25. The summed E-state index contributed by atoms with van der Waals surface area (Å²) in [7, 11) is 0. The minimum atomic E-state index is -0.289. The first kappa shape index (κ1) is 12.3. The van der Waals surface area contributed by atoms with Crippen molar-refractivity contribution in [2.75, 3.05) is 0 Å². The third-order valence-electron chi connectivity index (χ3n) is 2.50. The normalized spacial score (nSPS) is 11.4. The molecule has 0 aliphatic heterocycles. The molecule has 0 aromatic carbocycles. The second-order valence-corrected chi connectivity index (χ2v) is 6.39. The summed E-state index contributed by atoms with van der Waals surface area (Å²) in [6.45, 7) is 4.07. The molecule has 90 valence electrons. The molecule has 2 aromatic rings. The largest absolute Gasteiger partial charge is 0.346 e. The Morgan fingerprint density at radius 1 is 1.24 bits per heavy atom. The zero-order valence-corrected chi connectivity index (χ0v) is 11.5. The molecule has 0 unspecified atom stereocenters. The van der Waals surface area contributed by atoms with Crippen molar-refractivity contribution in [1.29, 1.82) is 0 Å². The van der Waals surface area contributed by atoms with Gasteiger partial charge in [-0.15, -0.1) is 22.7 Å². The smallest absolute Gasteiger partial charge is 0.225 e. The van der Waals surface area contributed by atoms with Gasteiger partial charge in [-0.1, -0.05) is 12.1 Å². The number of hydrogen-bond donors (Lipinski definition) is 1. The zero-order chi connectivity index (χ0) is 12.3. The second-order valence-electron chi connectivity index (χ2n) is 4.41. The molecule has 0 fully saturated rings. The van der Waals surface area contributed by atoms with Crippen LogP contribution in [0.15, 0.2) is 35.0 Å². The molecule has 0 aliphatic rings. The molecule has 0 spiro atoms. The van der Waals surface area contributed by atoms with Gasteiger partial charge < -0.3 is 5.32 Å². The van der Waals surface area contributed by atoms with E-state index in [1.807, 2.05) is 42.8 Å². The number of thiophene rings is 2. The average Bonchev–Trinajstić information content (AvgIpc) is 2.87. The van der Waals surface area contributed by atoms with Crippen LogP contribution in [0, 0.1) is 0 Å². The van der Waals surface area contributed by atoms with Crippen LogP contribution in [-0.2, 0) is 16.8 Å². The number of amides is 1. The summed E-state index contributed by atoms with van der Waals surface area (Å²) in [5.74, 6) is 0.0749. The average molecular weight is 265 g/mol. The van der Waals surface area contributed by atoms with Gasteiger partial charge in [0, 0.05) is 9.75 Å². The van der Waals surface area contributed by atoms with Crippen molar-refractivity contribution in [3.63, 3.8) is 0 Å². The molecule has 0 atom stereocenters. The third-order valence-corrected chi connectivity index (χ3v) is 4.57. The maximum absolute atomic E-state index is 11.9. The van der Waals surface area contributed by atoms with Crippen LogP contribution >= 0.6 is 22.7 Å². The van der Waals surface area contributed by atoms with Crippen molar-refractivity contribution in [2.24, 2.45) is 0 Å². The minimum absolute atomic E-state index is 0.0749. The van der Waals surface area contributed by atoms with Gasteiger partial charge in [0.15, 0.2) is 0 Å². The van der Waals surface area contributed by atoms with Crippen LogP contribution in [0.5, 0.6) is 0 Å². The molecule has 1 amide bonds. The molecule has 4 heteroatoms. The van der Waals surface area contributed by atoms with Crippen LogP contribution < -0.4 is 5.32 Å². The van der Waals surface area contributed by atoms with Gasteiger partial charge in [-0.2, -0.15) is 0 Å². The second kappa shape index (κ2) is 5.02. The quantitative estimate of drug-likeness (QED) is 0.902. The molecule has 2 aromatic heterocycles. The Morgan fingerprint density at radius 2 is 1.94 bits per heavy atom. The minimum Gasteiger partial charge on any atom is -0.346 e. The van der Waals surface area contributed by atoms with E-state index < -0.39 is 0 Å². The van der Waals surface area contributed by atoms with E-state index in [1.54, 1.807) is 22.7 Å². The van der Waals surface area contributed by atoms with E-state index in [2.05, 4.69) is 11.4 Å². The highest BCUT2D eigenvalue weighted by molar-refractivity contribution is 7.10. The van der Waals surface area contributed by atoms with Gasteiger partial charge in [-0.25, -0.2) is 0 Å². The van der Waals surface area contributed by atoms with Crippen molar-refractivity contribution < 1.29 is 4.79 Å². The number of nitrogens with one attached hydrogen (secondary N) is 1. The number of carbonyl (C=O) groups excluding carboxylic acids is 1. The van der Waals surface area contributed by atoms with Crippen molar-refractivity contribution in [2.45, 2.75) is 25.8 Å². The predicted molar refractivity (Wildman–Crippen MR) is 73.5 cm³/mol. The van der Waals surface area contributed by atoms with Crippen LogP contribution in [0.3, 0.4) is 0 Å². The van der Waals surface area contributed by atoms with Crippen LogP contribution in [-0.4, -0.2) is 5.91 Å². The lowest BCUT2D eigenvalue weighted by molar-refractivity contribution is -0.122. The molecule has 2 nitrogen and oxygen atoms in total. The Bertz CT molecular complexity index is 472. The zero-order valence-electron chi connectivity index (χ0n) is 9.90. The summed E-state index contributed by atoms with van der Waals surface area (Å²) in [5, 5.41) is 7.10. The Morgan fingerprint density at radius 3 is 2.53 bits per heavy atom. The third kappa shape index (κ3) is 3.17. The van der Waals surface area contributed by atoms with Crippen LogP contribution in [0.2, 0.25) is 0 Å². The summed E-state index contributed by atoms with van der Waals surface area (Å²) in [6, 6.07) is 8.02. The van der Waals surface area contributed by atoms with Crippen LogP contribution in [0.4, 0.5) is 0 Å². The fraction of sp³-hybridized carbons (Fsp3) is 0.308. The highest BCUT2D eigenvalue weighted by Crippen LogP contribution is 2.24. The molecular weight excluding hydrogens is 250 g/mol. The summed E-state index contributed by atoms with van der Waals surface area (Å²) in [5.41, 5.74) is -0.289. The topological polar surface area (TPSA) is 29.1 Å². The summed E-state index contributed by atoms with van der Waals surface area (Å²) < 4.78 is 0. The molecule has 0 saturated carbocycles. The maximum Gasteiger partial charge on any atom is 0.225 e. The maximum atomic E-state index is 11.9. The van der Waals surface area contributed by atoms with Crippen molar-refractivity contribution in [3.8, 4) is 0 Å². The molecule has 17 heavy (non-hydrogen) atoms. The van der Waals surface area contributed by atoms with Crippen LogP contribution in [0.25, 0.3) is 0 Å². The number of rotatable bonds is 4. The molecule has 2 heterocycles. The van der Waals surface area contributed by atoms with Gasteiger partial charge in [0.1, 0.15) is 0 Å². The predicted octanol–water partition coefficient (Wildman–Crippen LogP) is 3.40. The Kier molecular flexibility index (Phi) is 3.64. The van der Waals surface area contributed by atoms with Gasteiger partial charge in [0.25, 0.3) is 0 Å². The van der Waals surface area contributed by atoms with E-state index in [0.717, 1.165) is 4.88 Å². The first-order chi connectivity index (χ1) is 8.08. The first-order valence-electron chi connectivity index (χ1n) is 5.45. The molecule has 1 N–H and O–H groups in total. The van der Waals surface area contributed by atoms with Crippen molar-refractivity contribution in [1.82, 2.24) is 5.32 Å². The number of hydrogen-bond acceptors (Lipinski definition) is 3. The lowest BCUT2D eigenvalue weighted by Crippen LogP contribution is -2.41. The van der Waals surface area contributed by atoms with E-state index in [1.165, 1.54) is 4.88 Å². The molecule has 0 saturated heterocycles. The molecule has 0 bridgehead atoms. The van der Waals surface area contributed by atoms with Crippen LogP contribution in [0.1, 0.15) is 23.6 Å². The Balaban J connectivity index is 1.99. The van der Waals surface area contributed by atoms with Gasteiger partial charge in [-0.3, -0.25) is 4.79 Å². The van der Waals surface area contributed by atoms with Gasteiger partial charge in [-0.05, 0) is 36.7 Å². The standard InChI is InChI=1S/C13H15NOS2/c1-13(2,11-6-4-8-17-11)14-12(15)9-10-5-3-7-16-10/h3-8H,9H2,1-2H3,(H,14,15). The van der Waals surface area contributed by atoms with E-state index in [4.69, 9.17) is 0 Å². The van der Waals surface area contributed by atoms with E-state index in [0.29, 0.717) is 6.42 Å². The summed E-state index contributed by atoms with van der Waals surface area (Å²) in [6.07, 6.45) is 0.465. The first-order valence-corrected chi connectivity index (χ1v) is 7.21. The Hall–Kier alpha value is -1.13. The SMILES string of the molecule is CC(C)(NC(=O)Cc1cccs1)c1cccs1. The number of carbonyl (C=O) groups is 1. The highest BCUT2D eigenvalue weighted by atomic mass is 32.1. The van der Waals surface area contributed by atoms with Gasteiger partial charge in [0.05, 0.1) is 12.0 Å². The highest BCUT2D eigenvalue weighted by Gasteiger charge is 2.23. The van der Waals surface area contributed by atoms with Gasteiger partial charge >= 0.3 is 0 Å². The fourth-order valence-electron chi connectivity index (χ4n) is 1.66. The van der Waals surface area contributed by atoms with E-state index in [-0.39, 0.29) is 11.4 Å². The van der Waals surface area contributed by atoms with Crippen molar-refractivity contribution in [3.05, 3.63) is 44.8 Å². The summed E-state index contributed by atoms with van der Waals surface area (Å²) in [4.78, 5) is 14.2. The molecule has 0 aliphatic carbocycles. The lowest BCUT2D eigenvalue weighted by atomic mass is 10.0.